The smallest absolute Gasteiger partial charge is 0.0623 e. The van der Waals surface area contributed by atoms with Gasteiger partial charge in [-0.3, -0.25) is 0 Å². The molecule has 0 heterocycles. The molecule has 0 radical (unpaired) electrons. The highest BCUT2D eigenvalue weighted by Crippen LogP contribution is 2.52. The number of hydrogen-bond donors (Lipinski definition) is 0. The van der Waals surface area contributed by atoms with Gasteiger partial charge in [-0.15, -0.1) is 0 Å². The molecule has 0 amide bonds. The Bertz CT molecular complexity index is 2860. The standard InChI is InChI=1S/C55H43N/c1-5-38-21-25-40(26-22-38)44-29-33-53(49(35-44)42-15-9-7-10-16-42)56(46-31-32-48-47-19-13-14-20-51(47)55(3,4)52(48)37-46)54-34-30-45(41-27-23-39(6-2)24-28-41)36-50(54)43-17-11-8-12-18-43/h5-37H,1-2H2,3-4H3/i1D2,2D2,5D,6D. The van der Waals surface area contributed by atoms with Gasteiger partial charge in [0.25, 0.3) is 0 Å². The molecule has 0 N–H and O–H groups in total. The van der Waals surface area contributed by atoms with Crippen LogP contribution in [0.15, 0.2) is 201 Å². The highest BCUT2D eigenvalue weighted by atomic mass is 15.1. The molecule has 0 unspecified atom stereocenters. The average Bonchev–Trinajstić information content (AvgIpc) is 3.54. The molecule has 0 saturated carbocycles. The Morgan fingerprint density at radius 3 is 1.41 bits per heavy atom. The maximum absolute atomic E-state index is 8.19. The lowest BCUT2D eigenvalue weighted by Gasteiger charge is -2.32. The first-order valence-electron chi connectivity index (χ1n) is 21.9. The van der Waals surface area contributed by atoms with Crippen molar-refractivity contribution in [3.8, 4) is 55.6 Å². The van der Waals surface area contributed by atoms with Gasteiger partial charge in [0.15, 0.2) is 0 Å². The molecule has 0 aliphatic heterocycles. The van der Waals surface area contributed by atoms with E-state index in [1.807, 2.05) is 36.4 Å². The Hall–Kier alpha value is -6.96. The molecule has 56 heavy (non-hydrogen) atoms. The van der Waals surface area contributed by atoms with E-state index in [0.29, 0.717) is 11.1 Å². The van der Waals surface area contributed by atoms with Crippen molar-refractivity contribution < 1.29 is 8.22 Å². The van der Waals surface area contributed by atoms with Gasteiger partial charge in [0, 0.05) is 22.2 Å². The predicted octanol–water partition coefficient (Wildman–Crippen LogP) is 15.4. The highest BCUT2D eigenvalue weighted by molar-refractivity contribution is 5.97. The molecule has 0 fully saturated rings. The molecule has 1 aliphatic carbocycles. The van der Waals surface area contributed by atoms with Gasteiger partial charge in [-0.1, -0.05) is 191 Å². The van der Waals surface area contributed by atoms with Crippen molar-refractivity contribution in [3.05, 3.63) is 223 Å². The second-order valence-electron chi connectivity index (χ2n) is 14.8. The minimum Gasteiger partial charge on any atom is -0.309 e. The van der Waals surface area contributed by atoms with Crippen molar-refractivity contribution >= 4 is 29.2 Å². The van der Waals surface area contributed by atoms with Crippen molar-refractivity contribution in [2.24, 2.45) is 0 Å². The van der Waals surface area contributed by atoms with Crippen LogP contribution in [0.2, 0.25) is 0 Å². The summed E-state index contributed by atoms with van der Waals surface area (Å²) in [5.41, 5.74) is 16.9. The molecule has 268 valence electrons. The van der Waals surface area contributed by atoms with Crippen LogP contribution in [-0.4, -0.2) is 0 Å². The zero-order valence-corrected chi connectivity index (χ0v) is 31.3. The fourth-order valence-corrected chi connectivity index (χ4v) is 8.25. The predicted molar refractivity (Wildman–Crippen MR) is 241 cm³/mol. The summed E-state index contributed by atoms with van der Waals surface area (Å²) in [7, 11) is 0. The molecule has 1 heteroatoms. The molecule has 0 spiro atoms. The minimum absolute atomic E-state index is 0.114. The Kier molecular flexibility index (Phi) is 7.30. The molecule has 8 aromatic carbocycles. The molecular formula is C55H43N. The third-order valence-electron chi connectivity index (χ3n) is 11.2. The molecule has 0 saturated heterocycles. The number of rotatable bonds is 9. The summed E-state index contributed by atoms with van der Waals surface area (Å²) in [6, 6.07) is 64.3. The maximum atomic E-state index is 8.19. The van der Waals surface area contributed by atoms with E-state index >= 15 is 0 Å². The van der Waals surface area contributed by atoms with Gasteiger partial charge in [0.1, 0.15) is 0 Å². The Balaban J connectivity index is 1.28. The van der Waals surface area contributed by atoms with Crippen molar-refractivity contribution in [2.75, 3.05) is 4.90 Å². The van der Waals surface area contributed by atoms with Crippen molar-refractivity contribution in [3.63, 3.8) is 0 Å². The second kappa shape index (κ2) is 14.4. The lowest BCUT2D eigenvalue weighted by Crippen LogP contribution is -2.17. The molecule has 8 aromatic rings. The van der Waals surface area contributed by atoms with Crippen molar-refractivity contribution in [1.82, 2.24) is 0 Å². The average molecular weight is 724 g/mol. The van der Waals surface area contributed by atoms with E-state index in [-0.39, 0.29) is 17.5 Å². The molecule has 0 atom stereocenters. The summed E-state index contributed by atoms with van der Waals surface area (Å²) in [5.74, 6) is 0. The summed E-state index contributed by atoms with van der Waals surface area (Å²) in [6.45, 7) is 3.58. The second-order valence-corrected chi connectivity index (χ2v) is 14.8. The largest absolute Gasteiger partial charge is 0.309 e. The van der Waals surface area contributed by atoms with Crippen LogP contribution in [0.1, 0.15) is 44.3 Å². The zero-order chi connectivity index (χ0) is 43.1. The van der Waals surface area contributed by atoms with Gasteiger partial charge < -0.3 is 4.90 Å². The normalized spacial score (nSPS) is 13.8. The van der Waals surface area contributed by atoms with E-state index in [1.54, 1.807) is 24.3 Å². The first-order chi connectivity index (χ1) is 30.0. The Morgan fingerprint density at radius 1 is 0.429 bits per heavy atom. The SMILES string of the molecule is [2H]C([2H])=C([2H])c1ccc(-c2ccc(N(c3ccc4c(c3)C(C)(C)c3ccccc3-4)c3ccc(-c4ccc(C([2H])=C([2H])[2H])cc4)cc3-c3ccccc3)c(-c3ccccc3)c2)cc1. The minimum atomic E-state index is -0.517. The van der Waals surface area contributed by atoms with Crippen LogP contribution in [0.25, 0.3) is 67.7 Å². The number of anilines is 3. The summed E-state index contributed by atoms with van der Waals surface area (Å²) in [4.78, 5) is 2.38. The quantitative estimate of drug-likeness (QED) is 0.143. The van der Waals surface area contributed by atoms with Crippen molar-refractivity contribution in [1.29, 1.82) is 0 Å². The molecule has 0 aromatic heterocycles. The van der Waals surface area contributed by atoms with E-state index in [0.717, 1.165) is 61.6 Å². The van der Waals surface area contributed by atoms with Gasteiger partial charge in [-0.25, -0.2) is 0 Å². The highest BCUT2D eigenvalue weighted by Gasteiger charge is 2.36. The van der Waals surface area contributed by atoms with Gasteiger partial charge in [0.2, 0.25) is 0 Å². The topological polar surface area (TPSA) is 3.24 Å². The number of benzene rings is 8. The van der Waals surface area contributed by atoms with Gasteiger partial charge >= 0.3 is 0 Å². The number of nitrogens with zero attached hydrogens (tertiary/aromatic N) is 1. The third-order valence-corrected chi connectivity index (χ3v) is 11.2. The maximum Gasteiger partial charge on any atom is 0.0623 e. The summed E-state index contributed by atoms with van der Waals surface area (Å²) in [5, 5.41) is 0. The van der Waals surface area contributed by atoms with Crippen LogP contribution < -0.4 is 4.90 Å². The van der Waals surface area contributed by atoms with Gasteiger partial charge in [-0.2, -0.15) is 0 Å². The van der Waals surface area contributed by atoms with Crippen molar-refractivity contribution in [2.45, 2.75) is 19.3 Å². The molecular weight excluding hydrogens is 675 g/mol. The number of hydrogen-bond acceptors (Lipinski definition) is 1. The Morgan fingerprint density at radius 2 is 0.893 bits per heavy atom. The fraction of sp³-hybridized carbons (Fsp3) is 0.0545. The van der Waals surface area contributed by atoms with Crippen LogP contribution in [0.4, 0.5) is 17.1 Å². The summed E-state index contributed by atoms with van der Waals surface area (Å²) in [6.07, 6.45) is 0. The fourth-order valence-electron chi connectivity index (χ4n) is 8.25. The molecule has 9 rings (SSSR count). The molecule has 1 aliphatic rings. The lowest BCUT2D eigenvalue weighted by atomic mass is 9.82. The van der Waals surface area contributed by atoms with Gasteiger partial charge in [0.05, 0.1) is 19.6 Å². The van der Waals surface area contributed by atoms with Crippen LogP contribution in [-0.2, 0) is 5.41 Å². The van der Waals surface area contributed by atoms with Crippen LogP contribution in [0, 0.1) is 0 Å². The monoisotopic (exact) mass is 723 g/mol. The lowest BCUT2D eigenvalue weighted by molar-refractivity contribution is 0.660. The van der Waals surface area contributed by atoms with Crippen LogP contribution >= 0.6 is 0 Å². The first-order valence-corrected chi connectivity index (χ1v) is 18.9. The third kappa shape index (κ3) is 6.18. The van der Waals surface area contributed by atoms with E-state index in [1.165, 1.54) is 22.3 Å². The van der Waals surface area contributed by atoms with Crippen LogP contribution in [0.5, 0.6) is 0 Å². The summed E-state index contributed by atoms with van der Waals surface area (Å²) < 4.78 is 47.0. The van der Waals surface area contributed by atoms with Crippen LogP contribution in [0.3, 0.4) is 0 Å². The Labute approximate surface area is 339 Å². The van der Waals surface area contributed by atoms with E-state index in [9.17, 15) is 0 Å². The first kappa shape index (κ1) is 28.5. The van der Waals surface area contributed by atoms with Gasteiger partial charge in [-0.05, 0) is 103 Å². The molecule has 1 nitrogen and oxygen atoms in total. The van der Waals surface area contributed by atoms with E-state index < -0.39 is 13.1 Å². The zero-order valence-electron chi connectivity index (χ0n) is 37.3. The molecule has 0 bridgehead atoms. The summed E-state index contributed by atoms with van der Waals surface area (Å²) >= 11 is 0. The van der Waals surface area contributed by atoms with E-state index in [2.05, 4.69) is 146 Å². The number of fused-ring (bicyclic) bond motifs is 3. The van der Waals surface area contributed by atoms with E-state index in [4.69, 9.17) is 8.22 Å².